The molecule has 1 heterocycles. The van der Waals surface area contributed by atoms with E-state index in [1.54, 1.807) is 41.3 Å². The van der Waals surface area contributed by atoms with Gasteiger partial charge >= 0.3 is 5.97 Å². The second-order valence-electron chi connectivity index (χ2n) is 6.73. The fourth-order valence-corrected chi connectivity index (χ4v) is 3.08. The molecular formula is C22H23NO5. The van der Waals surface area contributed by atoms with Crippen molar-refractivity contribution >= 4 is 23.3 Å². The number of rotatable bonds is 7. The molecule has 6 nitrogen and oxygen atoms in total. The number of amides is 1. The monoisotopic (exact) mass is 381 g/mol. The van der Waals surface area contributed by atoms with Gasteiger partial charge < -0.3 is 14.4 Å². The molecule has 0 bridgehead atoms. The molecule has 1 aliphatic heterocycles. The van der Waals surface area contributed by atoms with Crippen molar-refractivity contribution in [3.63, 3.8) is 0 Å². The smallest absolute Gasteiger partial charge is 0.311 e. The zero-order chi connectivity index (χ0) is 20.1. The molecule has 0 spiro atoms. The number of aryl methyl sites for hydroxylation is 1. The number of esters is 1. The lowest BCUT2D eigenvalue weighted by atomic mass is 10.1. The molecule has 1 aliphatic rings. The quantitative estimate of drug-likeness (QED) is 0.544. The molecule has 3 rings (SSSR count). The summed E-state index contributed by atoms with van der Waals surface area (Å²) in [7, 11) is 0. The number of nitrogens with zero attached hydrogens (tertiary/aromatic N) is 1. The minimum Gasteiger partial charge on any atom is -0.494 e. The molecule has 0 aromatic heterocycles. The highest BCUT2D eigenvalue weighted by molar-refractivity contribution is 6.01. The van der Waals surface area contributed by atoms with Crippen molar-refractivity contribution in [3.05, 3.63) is 59.7 Å². The van der Waals surface area contributed by atoms with Crippen LogP contribution in [-0.4, -0.2) is 37.4 Å². The van der Waals surface area contributed by atoms with Gasteiger partial charge in [0.15, 0.2) is 12.4 Å². The lowest BCUT2D eigenvalue weighted by Crippen LogP contribution is -2.27. The Morgan fingerprint density at radius 1 is 1.07 bits per heavy atom. The molecule has 2 aromatic rings. The van der Waals surface area contributed by atoms with E-state index in [4.69, 9.17) is 9.47 Å². The van der Waals surface area contributed by atoms with E-state index < -0.39 is 11.9 Å². The first-order valence-electron chi connectivity index (χ1n) is 9.27. The number of Topliss-reactive ketones (excluding diaryl/α,β-unsaturated/α-hetero) is 1. The molecule has 1 fully saturated rings. The maximum Gasteiger partial charge on any atom is 0.311 e. The fourth-order valence-electron chi connectivity index (χ4n) is 3.08. The highest BCUT2D eigenvalue weighted by Crippen LogP contribution is 2.27. The third-order valence-electron chi connectivity index (χ3n) is 4.64. The first-order valence-corrected chi connectivity index (χ1v) is 9.27. The topological polar surface area (TPSA) is 72.9 Å². The van der Waals surface area contributed by atoms with Gasteiger partial charge in [-0.1, -0.05) is 29.8 Å². The number of ether oxygens (including phenoxy) is 2. The zero-order valence-corrected chi connectivity index (χ0v) is 16.0. The third-order valence-corrected chi connectivity index (χ3v) is 4.64. The Balaban J connectivity index is 1.56. The molecule has 28 heavy (non-hydrogen) atoms. The summed E-state index contributed by atoms with van der Waals surface area (Å²) >= 11 is 0. The molecule has 0 N–H and O–H groups in total. The predicted octanol–water partition coefficient (Wildman–Crippen LogP) is 3.17. The molecule has 0 saturated carbocycles. The van der Waals surface area contributed by atoms with Gasteiger partial charge in [0.1, 0.15) is 5.75 Å². The van der Waals surface area contributed by atoms with E-state index in [9.17, 15) is 14.4 Å². The Hall–Kier alpha value is -3.15. The van der Waals surface area contributed by atoms with Gasteiger partial charge in [0.25, 0.3) is 0 Å². The van der Waals surface area contributed by atoms with Crippen molar-refractivity contribution in [2.75, 3.05) is 24.7 Å². The summed E-state index contributed by atoms with van der Waals surface area (Å²) in [6.07, 6.45) is 0.0742. The minimum absolute atomic E-state index is 0.0742. The van der Waals surface area contributed by atoms with E-state index in [1.165, 1.54) is 0 Å². The molecule has 1 amide bonds. The van der Waals surface area contributed by atoms with Crippen LogP contribution in [0, 0.1) is 12.8 Å². The number of carbonyl (C=O) groups excluding carboxylic acids is 3. The van der Waals surface area contributed by atoms with Gasteiger partial charge in [0, 0.05) is 24.2 Å². The van der Waals surface area contributed by atoms with Gasteiger partial charge in [0.2, 0.25) is 5.91 Å². The van der Waals surface area contributed by atoms with Crippen molar-refractivity contribution in [2.24, 2.45) is 5.92 Å². The summed E-state index contributed by atoms with van der Waals surface area (Å²) in [6.45, 7) is 4.32. The molecular weight excluding hydrogens is 358 g/mol. The lowest BCUT2D eigenvalue weighted by Gasteiger charge is -2.17. The van der Waals surface area contributed by atoms with Crippen molar-refractivity contribution in [1.82, 2.24) is 0 Å². The van der Waals surface area contributed by atoms with Crippen LogP contribution in [0.25, 0.3) is 0 Å². The number of hydrogen-bond donors (Lipinski definition) is 0. The summed E-state index contributed by atoms with van der Waals surface area (Å²) < 4.78 is 10.6. The van der Waals surface area contributed by atoms with Crippen LogP contribution >= 0.6 is 0 Å². The van der Waals surface area contributed by atoms with Gasteiger partial charge in [-0.05, 0) is 38.1 Å². The van der Waals surface area contributed by atoms with Crippen LogP contribution in [-0.2, 0) is 14.3 Å². The summed E-state index contributed by atoms with van der Waals surface area (Å²) in [6, 6.07) is 14.2. The van der Waals surface area contributed by atoms with Gasteiger partial charge in [-0.15, -0.1) is 0 Å². The molecule has 146 valence electrons. The Kier molecular flexibility index (Phi) is 6.09. The van der Waals surface area contributed by atoms with Gasteiger partial charge in [-0.25, -0.2) is 0 Å². The Morgan fingerprint density at radius 2 is 1.75 bits per heavy atom. The molecule has 0 radical (unpaired) electrons. The number of hydrogen-bond acceptors (Lipinski definition) is 5. The Bertz CT molecular complexity index is 858. The summed E-state index contributed by atoms with van der Waals surface area (Å²) in [5.74, 6) is -0.785. The lowest BCUT2D eigenvalue weighted by molar-refractivity contribution is -0.147. The molecule has 1 atom stereocenters. The summed E-state index contributed by atoms with van der Waals surface area (Å²) in [4.78, 5) is 38.3. The van der Waals surface area contributed by atoms with Gasteiger partial charge in [-0.3, -0.25) is 14.4 Å². The van der Waals surface area contributed by atoms with Crippen molar-refractivity contribution < 1.29 is 23.9 Å². The van der Waals surface area contributed by atoms with Crippen LogP contribution in [0.1, 0.15) is 29.3 Å². The Labute approximate surface area is 164 Å². The largest absolute Gasteiger partial charge is 0.494 e. The molecule has 6 heteroatoms. The molecule has 2 aromatic carbocycles. The zero-order valence-electron chi connectivity index (χ0n) is 16.0. The maximum atomic E-state index is 12.3. The SMILES string of the molecule is CCOc1ccc(N2C[C@@H](C(=O)OCC(=O)c3ccc(C)cc3)CC2=O)cc1. The standard InChI is InChI=1S/C22H23NO5/c1-3-27-19-10-8-18(9-11-19)23-13-17(12-21(23)25)22(26)28-14-20(24)16-6-4-15(2)5-7-16/h4-11,17H,3,12-14H2,1-2H3/t17-/m0/s1. The van der Waals surface area contributed by atoms with Crippen molar-refractivity contribution in [1.29, 1.82) is 0 Å². The first-order chi connectivity index (χ1) is 13.5. The third kappa shape index (κ3) is 4.57. The van der Waals surface area contributed by atoms with E-state index in [1.807, 2.05) is 26.0 Å². The number of ketones is 1. The second-order valence-corrected chi connectivity index (χ2v) is 6.73. The molecule has 0 aliphatic carbocycles. The highest BCUT2D eigenvalue weighted by atomic mass is 16.5. The second kappa shape index (κ2) is 8.69. The predicted molar refractivity (Wildman–Crippen MR) is 105 cm³/mol. The average molecular weight is 381 g/mol. The van der Waals surface area contributed by atoms with Crippen LogP contribution < -0.4 is 9.64 Å². The van der Waals surface area contributed by atoms with E-state index in [0.29, 0.717) is 17.9 Å². The van der Waals surface area contributed by atoms with Gasteiger partial charge in [0.05, 0.1) is 12.5 Å². The van der Waals surface area contributed by atoms with E-state index >= 15 is 0 Å². The van der Waals surface area contributed by atoms with Gasteiger partial charge in [-0.2, -0.15) is 0 Å². The number of benzene rings is 2. The normalized spacial score (nSPS) is 16.1. The molecule has 1 saturated heterocycles. The van der Waals surface area contributed by atoms with E-state index in [-0.39, 0.29) is 31.3 Å². The fraction of sp³-hybridized carbons (Fsp3) is 0.318. The van der Waals surface area contributed by atoms with Crippen LogP contribution in [0.2, 0.25) is 0 Å². The number of carbonyl (C=O) groups is 3. The summed E-state index contributed by atoms with van der Waals surface area (Å²) in [5.41, 5.74) is 2.25. The minimum atomic E-state index is -0.579. The van der Waals surface area contributed by atoms with Crippen molar-refractivity contribution in [2.45, 2.75) is 20.3 Å². The van der Waals surface area contributed by atoms with Crippen molar-refractivity contribution in [3.8, 4) is 5.75 Å². The van der Waals surface area contributed by atoms with E-state index in [2.05, 4.69) is 0 Å². The van der Waals surface area contributed by atoms with E-state index in [0.717, 1.165) is 11.3 Å². The summed E-state index contributed by atoms with van der Waals surface area (Å²) in [5, 5.41) is 0. The highest BCUT2D eigenvalue weighted by Gasteiger charge is 2.36. The number of anilines is 1. The van der Waals surface area contributed by atoms with Crippen LogP contribution in [0.5, 0.6) is 5.75 Å². The first kappa shape index (κ1) is 19.6. The molecule has 0 unspecified atom stereocenters. The average Bonchev–Trinajstić information content (AvgIpc) is 3.09. The van der Waals surface area contributed by atoms with Crippen LogP contribution in [0.3, 0.4) is 0 Å². The van der Waals surface area contributed by atoms with Crippen LogP contribution in [0.15, 0.2) is 48.5 Å². The van der Waals surface area contributed by atoms with Crippen LogP contribution in [0.4, 0.5) is 5.69 Å². The Morgan fingerprint density at radius 3 is 2.39 bits per heavy atom. The maximum absolute atomic E-state index is 12.3.